The Labute approximate surface area is 101 Å². The van der Waals surface area contributed by atoms with Gasteiger partial charge in [-0.05, 0) is 38.0 Å². The Kier molecular flexibility index (Phi) is 3.14. The van der Waals surface area contributed by atoms with Crippen molar-refractivity contribution in [3.05, 3.63) is 58.5 Å². The number of carbonyl (C=O) groups excluding carboxylic acids is 1. The molecule has 0 amide bonds. The van der Waals surface area contributed by atoms with E-state index in [0.29, 0.717) is 11.3 Å². The second kappa shape index (κ2) is 4.58. The van der Waals surface area contributed by atoms with E-state index in [2.05, 4.69) is 6.92 Å². The molecule has 2 heteroatoms. The molecule has 0 fully saturated rings. The maximum Gasteiger partial charge on any atom is 0.196 e. The molecule has 0 saturated carbocycles. The van der Waals surface area contributed by atoms with Crippen molar-refractivity contribution in [2.24, 2.45) is 0 Å². The van der Waals surface area contributed by atoms with Gasteiger partial charge in [-0.3, -0.25) is 4.79 Å². The standard InChI is InChI=1S/C15H16O2/c1-4-12-6-5-7-13(9-12)15(16)14-8-10(2)17-11(14)3/h5-9H,4H2,1-3H3. The van der Waals surface area contributed by atoms with Gasteiger partial charge < -0.3 is 4.42 Å². The highest BCUT2D eigenvalue weighted by Gasteiger charge is 2.15. The third kappa shape index (κ3) is 2.31. The van der Waals surface area contributed by atoms with E-state index in [1.165, 1.54) is 5.56 Å². The number of ketones is 1. The molecule has 0 radical (unpaired) electrons. The number of benzene rings is 1. The molecule has 1 heterocycles. The Balaban J connectivity index is 2.40. The van der Waals surface area contributed by atoms with Crippen molar-refractivity contribution in [1.82, 2.24) is 0 Å². The van der Waals surface area contributed by atoms with Crippen LogP contribution in [0.5, 0.6) is 0 Å². The van der Waals surface area contributed by atoms with Crippen LogP contribution in [0.1, 0.15) is 39.9 Å². The Hall–Kier alpha value is -1.83. The molecule has 0 saturated heterocycles. The minimum absolute atomic E-state index is 0.0367. The van der Waals surface area contributed by atoms with Gasteiger partial charge in [-0.25, -0.2) is 0 Å². The van der Waals surface area contributed by atoms with Crippen LogP contribution in [0.15, 0.2) is 34.7 Å². The van der Waals surface area contributed by atoms with Gasteiger partial charge in [0.05, 0.1) is 5.56 Å². The Morgan fingerprint density at radius 1 is 1.24 bits per heavy atom. The minimum Gasteiger partial charge on any atom is -0.466 e. The van der Waals surface area contributed by atoms with Crippen molar-refractivity contribution in [2.45, 2.75) is 27.2 Å². The van der Waals surface area contributed by atoms with E-state index in [1.54, 1.807) is 6.07 Å². The normalized spacial score (nSPS) is 10.5. The molecular formula is C15H16O2. The van der Waals surface area contributed by atoms with Crippen LogP contribution in [-0.4, -0.2) is 5.78 Å². The summed E-state index contributed by atoms with van der Waals surface area (Å²) < 4.78 is 5.39. The zero-order valence-electron chi connectivity index (χ0n) is 10.4. The monoisotopic (exact) mass is 228 g/mol. The molecule has 0 aliphatic carbocycles. The van der Waals surface area contributed by atoms with Crippen LogP contribution in [0.4, 0.5) is 0 Å². The van der Waals surface area contributed by atoms with Crippen molar-refractivity contribution in [1.29, 1.82) is 0 Å². The van der Waals surface area contributed by atoms with E-state index in [4.69, 9.17) is 4.42 Å². The zero-order valence-corrected chi connectivity index (χ0v) is 10.4. The van der Waals surface area contributed by atoms with Crippen LogP contribution in [0.3, 0.4) is 0 Å². The van der Waals surface area contributed by atoms with E-state index in [1.807, 2.05) is 38.1 Å². The van der Waals surface area contributed by atoms with Crippen LogP contribution in [-0.2, 0) is 6.42 Å². The van der Waals surface area contributed by atoms with Crippen LogP contribution in [0.25, 0.3) is 0 Å². The second-order valence-corrected chi connectivity index (χ2v) is 4.21. The lowest BCUT2D eigenvalue weighted by Gasteiger charge is -2.02. The second-order valence-electron chi connectivity index (χ2n) is 4.21. The summed E-state index contributed by atoms with van der Waals surface area (Å²) in [7, 11) is 0. The first-order valence-corrected chi connectivity index (χ1v) is 5.82. The molecule has 0 aliphatic heterocycles. The summed E-state index contributed by atoms with van der Waals surface area (Å²) >= 11 is 0. The van der Waals surface area contributed by atoms with Crippen molar-refractivity contribution < 1.29 is 9.21 Å². The molecule has 1 aromatic heterocycles. The van der Waals surface area contributed by atoms with Gasteiger partial charge in [0.15, 0.2) is 5.78 Å². The van der Waals surface area contributed by atoms with Crippen LogP contribution >= 0.6 is 0 Å². The fraction of sp³-hybridized carbons (Fsp3) is 0.267. The van der Waals surface area contributed by atoms with Gasteiger partial charge in [0.25, 0.3) is 0 Å². The van der Waals surface area contributed by atoms with Crippen LogP contribution in [0, 0.1) is 13.8 Å². The Morgan fingerprint density at radius 3 is 2.59 bits per heavy atom. The van der Waals surface area contributed by atoms with Gasteiger partial charge in [-0.2, -0.15) is 0 Å². The van der Waals surface area contributed by atoms with E-state index in [0.717, 1.165) is 17.7 Å². The number of aryl methyl sites for hydroxylation is 3. The number of carbonyl (C=O) groups is 1. The first-order valence-electron chi connectivity index (χ1n) is 5.82. The average Bonchev–Trinajstić information content (AvgIpc) is 2.67. The third-order valence-corrected chi connectivity index (χ3v) is 2.88. The summed E-state index contributed by atoms with van der Waals surface area (Å²) in [5.41, 5.74) is 2.57. The predicted octanol–water partition coefficient (Wildman–Crippen LogP) is 3.69. The molecule has 0 spiro atoms. The zero-order chi connectivity index (χ0) is 12.4. The van der Waals surface area contributed by atoms with Gasteiger partial charge in [-0.15, -0.1) is 0 Å². The first-order chi connectivity index (χ1) is 8.11. The number of hydrogen-bond acceptors (Lipinski definition) is 2. The van der Waals surface area contributed by atoms with Gasteiger partial charge in [0, 0.05) is 5.56 Å². The van der Waals surface area contributed by atoms with Crippen molar-refractivity contribution in [3.63, 3.8) is 0 Å². The van der Waals surface area contributed by atoms with Gasteiger partial charge in [0.2, 0.25) is 0 Å². The number of hydrogen-bond donors (Lipinski definition) is 0. The lowest BCUT2D eigenvalue weighted by Crippen LogP contribution is -2.02. The maximum atomic E-state index is 12.3. The molecule has 2 rings (SSSR count). The Morgan fingerprint density at radius 2 is 2.00 bits per heavy atom. The highest BCUT2D eigenvalue weighted by Crippen LogP contribution is 2.18. The molecule has 2 nitrogen and oxygen atoms in total. The van der Waals surface area contributed by atoms with Crippen molar-refractivity contribution >= 4 is 5.78 Å². The molecule has 17 heavy (non-hydrogen) atoms. The summed E-state index contributed by atoms with van der Waals surface area (Å²) in [4.78, 5) is 12.3. The summed E-state index contributed by atoms with van der Waals surface area (Å²) in [6.07, 6.45) is 0.935. The molecule has 88 valence electrons. The van der Waals surface area contributed by atoms with Gasteiger partial charge in [-0.1, -0.05) is 25.1 Å². The van der Waals surface area contributed by atoms with Crippen molar-refractivity contribution in [2.75, 3.05) is 0 Å². The molecule has 0 aliphatic rings. The van der Waals surface area contributed by atoms with E-state index >= 15 is 0 Å². The first kappa shape index (κ1) is 11.6. The molecule has 0 bridgehead atoms. The smallest absolute Gasteiger partial charge is 0.196 e. The largest absolute Gasteiger partial charge is 0.466 e. The highest BCUT2D eigenvalue weighted by molar-refractivity contribution is 6.09. The lowest BCUT2D eigenvalue weighted by molar-refractivity contribution is 0.103. The van der Waals surface area contributed by atoms with Crippen molar-refractivity contribution in [3.8, 4) is 0 Å². The number of rotatable bonds is 3. The molecule has 2 aromatic rings. The van der Waals surface area contributed by atoms with E-state index < -0.39 is 0 Å². The number of furan rings is 1. The summed E-state index contributed by atoms with van der Waals surface area (Å²) in [5.74, 6) is 1.50. The van der Waals surface area contributed by atoms with E-state index in [-0.39, 0.29) is 5.78 Å². The fourth-order valence-electron chi connectivity index (χ4n) is 1.94. The molecular weight excluding hydrogens is 212 g/mol. The van der Waals surface area contributed by atoms with E-state index in [9.17, 15) is 4.79 Å². The van der Waals surface area contributed by atoms with Crippen LogP contribution in [0.2, 0.25) is 0 Å². The fourth-order valence-corrected chi connectivity index (χ4v) is 1.94. The summed E-state index contributed by atoms with van der Waals surface area (Å²) in [6, 6.07) is 9.56. The SMILES string of the molecule is CCc1cccc(C(=O)c2cc(C)oc2C)c1. The summed E-state index contributed by atoms with van der Waals surface area (Å²) in [5, 5.41) is 0. The van der Waals surface area contributed by atoms with Gasteiger partial charge in [0.1, 0.15) is 11.5 Å². The summed E-state index contributed by atoms with van der Waals surface area (Å²) in [6.45, 7) is 5.76. The maximum absolute atomic E-state index is 12.3. The molecule has 1 aromatic carbocycles. The quantitative estimate of drug-likeness (QED) is 0.750. The molecule has 0 N–H and O–H groups in total. The Bertz CT molecular complexity index is 550. The third-order valence-electron chi connectivity index (χ3n) is 2.88. The molecule has 0 atom stereocenters. The lowest BCUT2D eigenvalue weighted by atomic mass is 10.0. The average molecular weight is 228 g/mol. The highest BCUT2D eigenvalue weighted by atomic mass is 16.3. The van der Waals surface area contributed by atoms with Gasteiger partial charge >= 0.3 is 0 Å². The predicted molar refractivity (Wildman–Crippen MR) is 67.4 cm³/mol. The minimum atomic E-state index is 0.0367. The van der Waals surface area contributed by atoms with Crippen LogP contribution < -0.4 is 0 Å². The molecule has 0 unspecified atom stereocenters. The topological polar surface area (TPSA) is 30.2 Å².